The summed E-state index contributed by atoms with van der Waals surface area (Å²) in [7, 11) is 0. The third kappa shape index (κ3) is 4.63. The van der Waals surface area contributed by atoms with E-state index in [9.17, 15) is 4.79 Å². The van der Waals surface area contributed by atoms with Gasteiger partial charge in [-0.1, -0.05) is 22.9 Å². The Hall–Kier alpha value is -0.390. The summed E-state index contributed by atoms with van der Waals surface area (Å²) in [5.74, 6) is -0.0350. The molecule has 0 unspecified atom stereocenters. The molecule has 16 heavy (non-hydrogen) atoms. The van der Waals surface area contributed by atoms with Gasteiger partial charge in [0, 0.05) is 8.95 Å². The molecular weight excluding hydrogens is 336 g/mol. The Morgan fingerprint density at radius 1 is 1.38 bits per heavy atom. The highest BCUT2D eigenvalue weighted by Crippen LogP contribution is 2.25. The molecule has 0 aliphatic rings. The molecule has 88 valence electrons. The van der Waals surface area contributed by atoms with Crippen LogP contribution in [0.1, 0.15) is 13.3 Å². The molecule has 1 aromatic rings. The van der Waals surface area contributed by atoms with Crippen LogP contribution in [0, 0.1) is 0 Å². The molecule has 0 fully saturated rings. The predicted octanol–water partition coefficient (Wildman–Crippen LogP) is 3.15. The summed E-state index contributed by atoms with van der Waals surface area (Å²) in [4.78, 5) is 11.5. The van der Waals surface area contributed by atoms with Gasteiger partial charge in [-0.25, -0.2) is 0 Å². The number of hydrogen-bond donors (Lipinski definition) is 2. The molecule has 0 aliphatic heterocycles. The minimum Gasteiger partial charge on any atom is -0.324 e. The zero-order valence-corrected chi connectivity index (χ0v) is 12.2. The molecule has 0 aromatic heterocycles. The van der Waals surface area contributed by atoms with Crippen LogP contribution in [0.15, 0.2) is 27.1 Å². The summed E-state index contributed by atoms with van der Waals surface area (Å²) in [5.41, 5.74) is 0.776. The molecule has 5 heteroatoms. The van der Waals surface area contributed by atoms with E-state index in [1.54, 1.807) is 0 Å². The topological polar surface area (TPSA) is 41.1 Å². The number of carbonyl (C=O) groups excluding carboxylic acids is 1. The minimum atomic E-state index is -0.0350. The number of amides is 1. The molecule has 0 bridgehead atoms. The van der Waals surface area contributed by atoms with Crippen molar-refractivity contribution in [2.45, 2.75) is 13.3 Å². The summed E-state index contributed by atoms with van der Waals surface area (Å²) < 4.78 is 1.81. The molecule has 0 heterocycles. The quantitative estimate of drug-likeness (QED) is 0.802. The fraction of sp³-hybridized carbons (Fsp3) is 0.364. The van der Waals surface area contributed by atoms with Crippen LogP contribution in [0.4, 0.5) is 5.69 Å². The second-order valence-corrected chi connectivity index (χ2v) is 5.12. The number of rotatable bonds is 5. The van der Waals surface area contributed by atoms with Crippen LogP contribution in [0.2, 0.25) is 0 Å². The van der Waals surface area contributed by atoms with Crippen molar-refractivity contribution in [2.75, 3.05) is 18.4 Å². The van der Waals surface area contributed by atoms with E-state index in [4.69, 9.17) is 0 Å². The molecule has 0 saturated heterocycles. The minimum absolute atomic E-state index is 0.0350. The lowest BCUT2D eigenvalue weighted by Crippen LogP contribution is -2.28. The van der Waals surface area contributed by atoms with Crippen LogP contribution in [-0.4, -0.2) is 19.0 Å². The van der Waals surface area contributed by atoms with Crippen LogP contribution >= 0.6 is 31.9 Å². The van der Waals surface area contributed by atoms with Gasteiger partial charge >= 0.3 is 0 Å². The lowest BCUT2D eigenvalue weighted by molar-refractivity contribution is -0.115. The molecule has 0 spiro atoms. The van der Waals surface area contributed by atoms with Gasteiger partial charge in [0.2, 0.25) is 5.91 Å². The number of benzene rings is 1. The first-order chi connectivity index (χ1) is 7.63. The van der Waals surface area contributed by atoms with E-state index in [-0.39, 0.29) is 5.91 Å². The standard InChI is InChI=1S/C11H14Br2N2O/c1-2-5-14-7-11(16)15-10-6-8(12)3-4-9(10)13/h3-4,6,14H,2,5,7H2,1H3,(H,15,16). The van der Waals surface area contributed by atoms with Gasteiger partial charge < -0.3 is 10.6 Å². The van der Waals surface area contributed by atoms with E-state index in [1.165, 1.54) is 0 Å². The van der Waals surface area contributed by atoms with Crippen molar-refractivity contribution in [2.24, 2.45) is 0 Å². The Bertz CT molecular complexity index is 369. The molecule has 0 radical (unpaired) electrons. The average Bonchev–Trinajstić information content (AvgIpc) is 2.24. The first kappa shape index (κ1) is 13.7. The Morgan fingerprint density at radius 3 is 2.81 bits per heavy atom. The van der Waals surface area contributed by atoms with Gasteiger partial charge in [0.05, 0.1) is 12.2 Å². The monoisotopic (exact) mass is 348 g/mol. The second-order valence-electron chi connectivity index (χ2n) is 3.35. The van der Waals surface area contributed by atoms with Crippen molar-refractivity contribution in [3.05, 3.63) is 27.1 Å². The van der Waals surface area contributed by atoms with Crippen LogP contribution < -0.4 is 10.6 Å². The number of halogens is 2. The van der Waals surface area contributed by atoms with Gasteiger partial charge in [0.25, 0.3) is 0 Å². The largest absolute Gasteiger partial charge is 0.324 e. The second kappa shape index (κ2) is 7.04. The van der Waals surface area contributed by atoms with Crippen molar-refractivity contribution in [3.63, 3.8) is 0 Å². The van der Waals surface area contributed by atoms with E-state index in [0.717, 1.165) is 27.6 Å². The third-order valence-electron chi connectivity index (χ3n) is 1.91. The highest BCUT2D eigenvalue weighted by molar-refractivity contribution is 9.11. The van der Waals surface area contributed by atoms with Crippen molar-refractivity contribution in [1.82, 2.24) is 5.32 Å². The molecular formula is C11H14Br2N2O. The maximum Gasteiger partial charge on any atom is 0.238 e. The van der Waals surface area contributed by atoms with Gasteiger partial charge in [-0.2, -0.15) is 0 Å². The first-order valence-corrected chi connectivity index (χ1v) is 6.67. The number of carbonyl (C=O) groups is 1. The van der Waals surface area contributed by atoms with Crippen molar-refractivity contribution >= 4 is 43.5 Å². The molecule has 3 nitrogen and oxygen atoms in total. The van der Waals surface area contributed by atoms with Crippen LogP contribution in [0.25, 0.3) is 0 Å². The number of anilines is 1. The van der Waals surface area contributed by atoms with Crippen molar-refractivity contribution in [1.29, 1.82) is 0 Å². The lowest BCUT2D eigenvalue weighted by atomic mass is 10.3. The average molecular weight is 350 g/mol. The molecule has 0 atom stereocenters. The SMILES string of the molecule is CCCNCC(=O)Nc1cc(Br)ccc1Br. The van der Waals surface area contributed by atoms with Crippen LogP contribution in [0.3, 0.4) is 0 Å². The highest BCUT2D eigenvalue weighted by atomic mass is 79.9. The Labute approximate surface area is 112 Å². The third-order valence-corrected chi connectivity index (χ3v) is 3.10. The molecule has 0 saturated carbocycles. The Morgan fingerprint density at radius 2 is 2.12 bits per heavy atom. The summed E-state index contributed by atoms with van der Waals surface area (Å²) >= 11 is 6.75. The number of nitrogens with one attached hydrogen (secondary N) is 2. The first-order valence-electron chi connectivity index (χ1n) is 5.09. The zero-order valence-electron chi connectivity index (χ0n) is 9.02. The summed E-state index contributed by atoms with van der Waals surface area (Å²) in [6.07, 6.45) is 1.02. The van der Waals surface area contributed by atoms with Crippen LogP contribution in [0.5, 0.6) is 0 Å². The van der Waals surface area contributed by atoms with Crippen LogP contribution in [-0.2, 0) is 4.79 Å². The highest BCUT2D eigenvalue weighted by Gasteiger charge is 2.05. The number of hydrogen-bond acceptors (Lipinski definition) is 2. The van der Waals surface area contributed by atoms with Crippen molar-refractivity contribution in [3.8, 4) is 0 Å². The maximum atomic E-state index is 11.5. The van der Waals surface area contributed by atoms with Gasteiger partial charge in [0.1, 0.15) is 0 Å². The predicted molar refractivity (Wildman–Crippen MR) is 73.6 cm³/mol. The van der Waals surface area contributed by atoms with E-state index >= 15 is 0 Å². The maximum absolute atomic E-state index is 11.5. The molecule has 0 aliphatic carbocycles. The molecule has 1 aromatic carbocycles. The zero-order chi connectivity index (χ0) is 12.0. The van der Waals surface area contributed by atoms with Gasteiger partial charge in [-0.3, -0.25) is 4.79 Å². The van der Waals surface area contributed by atoms with E-state index < -0.39 is 0 Å². The molecule has 1 amide bonds. The Balaban J connectivity index is 2.52. The van der Waals surface area contributed by atoms with Gasteiger partial charge in [-0.15, -0.1) is 0 Å². The summed E-state index contributed by atoms with van der Waals surface area (Å²) in [6.45, 7) is 3.26. The van der Waals surface area contributed by atoms with E-state index in [2.05, 4.69) is 49.4 Å². The van der Waals surface area contributed by atoms with Crippen molar-refractivity contribution < 1.29 is 4.79 Å². The summed E-state index contributed by atoms with van der Waals surface area (Å²) in [5, 5.41) is 5.88. The summed E-state index contributed by atoms with van der Waals surface area (Å²) in [6, 6.07) is 5.66. The smallest absolute Gasteiger partial charge is 0.238 e. The fourth-order valence-corrected chi connectivity index (χ4v) is 1.87. The van der Waals surface area contributed by atoms with Gasteiger partial charge in [0.15, 0.2) is 0 Å². The lowest BCUT2D eigenvalue weighted by Gasteiger charge is -2.08. The van der Waals surface area contributed by atoms with Gasteiger partial charge in [-0.05, 0) is 47.1 Å². The molecule has 2 N–H and O–H groups in total. The van der Waals surface area contributed by atoms with E-state index in [1.807, 2.05) is 18.2 Å². The molecule has 1 rings (SSSR count). The van der Waals surface area contributed by atoms with E-state index in [0.29, 0.717) is 6.54 Å². The fourth-order valence-electron chi connectivity index (χ4n) is 1.17. The normalized spacial score (nSPS) is 10.2. The Kier molecular flexibility index (Phi) is 6.01.